The van der Waals surface area contributed by atoms with E-state index in [2.05, 4.69) is 65.4 Å². The van der Waals surface area contributed by atoms with E-state index in [1.54, 1.807) is 7.11 Å². The normalized spacial score (nSPS) is 10.3. The lowest BCUT2D eigenvalue weighted by atomic mass is 10.1. The number of ether oxygens (including phenoxy) is 1. The summed E-state index contributed by atoms with van der Waals surface area (Å²) in [7, 11) is 1.70. The van der Waals surface area contributed by atoms with Crippen molar-refractivity contribution in [3.8, 4) is 5.75 Å². The molecule has 2 aromatic rings. The van der Waals surface area contributed by atoms with Gasteiger partial charge in [-0.05, 0) is 48.7 Å². The summed E-state index contributed by atoms with van der Waals surface area (Å²) in [5.74, 6) is 0.883. The van der Waals surface area contributed by atoms with E-state index >= 15 is 0 Å². The van der Waals surface area contributed by atoms with Crippen LogP contribution in [0, 0.1) is 13.8 Å². The molecule has 0 atom stereocenters. The minimum atomic E-state index is 0.785. The minimum Gasteiger partial charge on any atom is -0.495 e. The fraction of sp³-hybridized carbons (Fsp3) is 0.250. The Kier molecular flexibility index (Phi) is 4.48. The molecular formula is C16H18BrNO. The summed E-state index contributed by atoms with van der Waals surface area (Å²) in [6.45, 7) is 4.94. The van der Waals surface area contributed by atoms with Crippen molar-refractivity contribution in [2.24, 2.45) is 0 Å². The van der Waals surface area contributed by atoms with Gasteiger partial charge in [-0.2, -0.15) is 0 Å². The van der Waals surface area contributed by atoms with Crippen LogP contribution in [0.15, 0.2) is 40.9 Å². The average molecular weight is 320 g/mol. The fourth-order valence-electron chi connectivity index (χ4n) is 1.96. The van der Waals surface area contributed by atoms with Crippen LogP contribution in [0.5, 0.6) is 5.75 Å². The Morgan fingerprint density at radius 2 is 1.89 bits per heavy atom. The van der Waals surface area contributed by atoms with Crippen molar-refractivity contribution in [3.63, 3.8) is 0 Å². The van der Waals surface area contributed by atoms with Gasteiger partial charge in [0, 0.05) is 11.0 Å². The van der Waals surface area contributed by atoms with Crippen LogP contribution >= 0.6 is 15.9 Å². The molecule has 0 amide bonds. The Hall–Kier alpha value is -1.48. The highest BCUT2D eigenvalue weighted by Gasteiger charge is 2.03. The smallest absolute Gasteiger partial charge is 0.142 e. The van der Waals surface area contributed by atoms with Gasteiger partial charge in [0.2, 0.25) is 0 Å². The summed E-state index contributed by atoms with van der Waals surface area (Å²) in [5.41, 5.74) is 4.72. The van der Waals surface area contributed by atoms with E-state index in [4.69, 9.17) is 4.74 Å². The lowest BCUT2D eigenvalue weighted by molar-refractivity contribution is 0.416. The van der Waals surface area contributed by atoms with Crippen molar-refractivity contribution in [2.75, 3.05) is 12.4 Å². The van der Waals surface area contributed by atoms with Gasteiger partial charge in [-0.15, -0.1) is 0 Å². The fourth-order valence-corrected chi connectivity index (χ4v) is 2.21. The van der Waals surface area contributed by atoms with E-state index < -0.39 is 0 Å². The molecular weight excluding hydrogens is 302 g/mol. The highest BCUT2D eigenvalue weighted by molar-refractivity contribution is 9.10. The molecule has 2 rings (SSSR count). The molecule has 0 fully saturated rings. The maximum absolute atomic E-state index is 5.39. The van der Waals surface area contributed by atoms with Gasteiger partial charge in [0.25, 0.3) is 0 Å². The molecule has 19 heavy (non-hydrogen) atoms. The highest BCUT2D eigenvalue weighted by atomic mass is 79.9. The molecule has 0 saturated heterocycles. The summed E-state index contributed by atoms with van der Waals surface area (Å²) in [6, 6.07) is 12.5. The third-order valence-electron chi connectivity index (χ3n) is 3.06. The van der Waals surface area contributed by atoms with Crippen LogP contribution in [-0.4, -0.2) is 7.11 Å². The van der Waals surface area contributed by atoms with Crippen LogP contribution in [0.25, 0.3) is 0 Å². The topological polar surface area (TPSA) is 21.3 Å². The first-order chi connectivity index (χ1) is 9.10. The first kappa shape index (κ1) is 13.9. The van der Waals surface area contributed by atoms with Crippen molar-refractivity contribution in [3.05, 3.63) is 57.6 Å². The molecule has 0 aliphatic rings. The lowest BCUT2D eigenvalue weighted by Crippen LogP contribution is -2.02. The van der Waals surface area contributed by atoms with Crippen molar-refractivity contribution >= 4 is 21.6 Å². The number of aryl methyl sites for hydroxylation is 2. The molecule has 1 N–H and O–H groups in total. The van der Waals surface area contributed by atoms with Crippen LogP contribution in [0.3, 0.4) is 0 Å². The molecule has 100 valence electrons. The van der Waals surface area contributed by atoms with Crippen LogP contribution in [-0.2, 0) is 6.54 Å². The van der Waals surface area contributed by atoms with Gasteiger partial charge in [0.05, 0.1) is 12.8 Å². The quantitative estimate of drug-likeness (QED) is 0.883. The average Bonchev–Trinajstić information content (AvgIpc) is 2.41. The van der Waals surface area contributed by atoms with Crippen molar-refractivity contribution in [1.82, 2.24) is 0 Å². The Morgan fingerprint density at radius 3 is 2.58 bits per heavy atom. The van der Waals surface area contributed by atoms with Gasteiger partial charge in [0.15, 0.2) is 0 Å². The summed E-state index contributed by atoms with van der Waals surface area (Å²) in [5, 5.41) is 3.41. The van der Waals surface area contributed by atoms with Crippen LogP contribution < -0.4 is 10.1 Å². The van der Waals surface area contributed by atoms with Crippen molar-refractivity contribution < 1.29 is 4.74 Å². The summed E-state index contributed by atoms with van der Waals surface area (Å²) >= 11 is 3.52. The third-order valence-corrected chi connectivity index (χ3v) is 3.95. The second-order valence-corrected chi connectivity index (χ2v) is 5.50. The molecule has 0 bridgehead atoms. The number of hydrogen-bond donors (Lipinski definition) is 1. The highest BCUT2D eigenvalue weighted by Crippen LogP contribution is 2.26. The summed E-state index contributed by atoms with van der Waals surface area (Å²) in [4.78, 5) is 0. The lowest BCUT2D eigenvalue weighted by Gasteiger charge is -2.12. The SMILES string of the molecule is COc1cc(C)ccc1NCc1ccc(Br)c(C)c1. The van der Waals surface area contributed by atoms with E-state index in [0.717, 1.165) is 22.5 Å². The second kappa shape index (κ2) is 6.11. The molecule has 0 saturated carbocycles. The van der Waals surface area contributed by atoms with Gasteiger partial charge in [-0.25, -0.2) is 0 Å². The number of anilines is 1. The number of nitrogens with one attached hydrogen (secondary N) is 1. The number of hydrogen-bond acceptors (Lipinski definition) is 2. The van der Waals surface area contributed by atoms with E-state index in [1.165, 1.54) is 16.7 Å². The first-order valence-electron chi connectivity index (χ1n) is 6.23. The number of halogens is 1. The van der Waals surface area contributed by atoms with Crippen LogP contribution in [0.4, 0.5) is 5.69 Å². The largest absolute Gasteiger partial charge is 0.495 e. The molecule has 0 aliphatic carbocycles. The molecule has 0 aromatic heterocycles. The predicted octanol–water partition coefficient (Wildman–Crippen LogP) is 4.69. The van der Waals surface area contributed by atoms with Gasteiger partial charge in [-0.1, -0.05) is 34.1 Å². The third kappa shape index (κ3) is 3.51. The van der Waals surface area contributed by atoms with Gasteiger partial charge >= 0.3 is 0 Å². The predicted molar refractivity (Wildman–Crippen MR) is 83.9 cm³/mol. The molecule has 0 radical (unpaired) electrons. The van der Waals surface area contributed by atoms with Gasteiger partial charge < -0.3 is 10.1 Å². The van der Waals surface area contributed by atoms with E-state index in [0.29, 0.717) is 0 Å². The minimum absolute atomic E-state index is 0.785. The Bertz CT molecular complexity index is 581. The number of methoxy groups -OCH3 is 1. The second-order valence-electron chi connectivity index (χ2n) is 4.64. The van der Waals surface area contributed by atoms with Crippen LogP contribution in [0.1, 0.15) is 16.7 Å². The molecule has 3 heteroatoms. The van der Waals surface area contributed by atoms with Crippen LogP contribution in [0.2, 0.25) is 0 Å². The zero-order chi connectivity index (χ0) is 13.8. The molecule has 0 unspecified atom stereocenters. The monoisotopic (exact) mass is 319 g/mol. The standard InChI is InChI=1S/C16H18BrNO/c1-11-4-7-15(16(8-11)19-3)18-10-13-5-6-14(17)12(2)9-13/h4-9,18H,10H2,1-3H3. The number of rotatable bonds is 4. The van der Waals surface area contributed by atoms with Crippen molar-refractivity contribution in [1.29, 1.82) is 0 Å². The van der Waals surface area contributed by atoms with E-state index in [9.17, 15) is 0 Å². The zero-order valence-electron chi connectivity index (χ0n) is 11.5. The number of benzene rings is 2. The maximum Gasteiger partial charge on any atom is 0.142 e. The van der Waals surface area contributed by atoms with E-state index in [1.807, 2.05) is 6.07 Å². The summed E-state index contributed by atoms with van der Waals surface area (Å²) < 4.78 is 6.53. The Morgan fingerprint density at radius 1 is 1.11 bits per heavy atom. The zero-order valence-corrected chi connectivity index (χ0v) is 13.0. The molecule has 2 aromatic carbocycles. The van der Waals surface area contributed by atoms with E-state index in [-0.39, 0.29) is 0 Å². The van der Waals surface area contributed by atoms with Gasteiger partial charge in [0.1, 0.15) is 5.75 Å². The molecule has 0 aliphatic heterocycles. The van der Waals surface area contributed by atoms with Crippen molar-refractivity contribution in [2.45, 2.75) is 20.4 Å². The Labute approximate surface area is 122 Å². The Balaban J connectivity index is 2.12. The molecule has 2 nitrogen and oxygen atoms in total. The first-order valence-corrected chi connectivity index (χ1v) is 7.03. The summed E-state index contributed by atoms with van der Waals surface area (Å²) in [6.07, 6.45) is 0. The maximum atomic E-state index is 5.39. The molecule has 0 heterocycles. The van der Waals surface area contributed by atoms with Gasteiger partial charge in [-0.3, -0.25) is 0 Å². The molecule has 0 spiro atoms.